The molecule has 0 bridgehead atoms. The Labute approximate surface area is 191 Å². The number of aryl methyl sites for hydroxylation is 4. The molecule has 0 aliphatic heterocycles. The summed E-state index contributed by atoms with van der Waals surface area (Å²) in [5, 5.41) is 9.02. The molecule has 4 aromatic rings. The third kappa shape index (κ3) is 4.00. The number of aromatic nitrogens is 6. The minimum atomic E-state index is -0.402. The van der Waals surface area contributed by atoms with Crippen molar-refractivity contribution in [2.24, 2.45) is 0 Å². The van der Waals surface area contributed by atoms with Crippen LogP contribution in [-0.4, -0.2) is 29.5 Å². The van der Waals surface area contributed by atoms with E-state index in [1.807, 2.05) is 64.1 Å². The molecule has 0 unspecified atom stereocenters. The molecular formula is C23H24N6Pd. The van der Waals surface area contributed by atoms with Crippen LogP contribution >= 0.6 is 0 Å². The Hall–Kier alpha value is -2.62. The first-order chi connectivity index (χ1) is 13.8. The van der Waals surface area contributed by atoms with Crippen LogP contribution in [0.5, 0.6) is 0 Å². The molecule has 7 heteroatoms. The average Bonchev–Trinajstić information content (AvgIpc) is 3.23. The Morgan fingerprint density at radius 1 is 0.700 bits per heavy atom. The van der Waals surface area contributed by atoms with Gasteiger partial charge in [0.15, 0.2) is 0 Å². The largest absolute Gasteiger partial charge is 2.00 e. The fourth-order valence-electron chi connectivity index (χ4n) is 3.11. The SMILES string of the molecule is Cc1[c-]n(-c2cccc(C(C)(C)c3cccc(-n4[c-]c(C)c(C)n4)n3)n2)nc1C.[Pd+2]. The first-order valence-electron chi connectivity index (χ1n) is 9.62. The second-order valence-electron chi connectivity index (χ2n) is 7.86. The Morgan fingerprint density at radius 2 is 1.10 bits per heavy atom. The van der Waals surface area contributed by atoms with Crippen LogP contribution < -0.4 is 0 Å². The second-order valence-corrected chi connectivity index (χ2v) is 7.86. The summed E-state index contributed by atoms with van der Waals surface area (Å²) in [4.78, 5) is 9.73. The van der Waals surface area contributed by atoms with E-state index in [0.717, 1.165) is 45.5 Å². The van der Waals surface area contributed by atoms with E-state index in [1.165, 1.54) is 0 Å². The van der Waals surface area contributed by atoms with Crippen LogP contribution in [0.15, 0.2) is 36.4 Å². The standard InChI is InChI=1S/C23H24N6.Pd/c1-15-13-28(26-17(15)3)21-11-7-9-19(24-21)23(5,6)20-10-8-12-22(25-20)29-14-16(2)18(4)27-29;/h7-12H,1-6H3;/q-2;+2. The smallest absolute Gasteiger partial charge is 0.343 e. The van der Waals surface area contributed by atoms with E-state index in [-0.39, 0.29) is 20.4 Å². The molecule has 156 valence electrons. The molecule has 0 aromatic carbocycles. The zero-order valence-electron chi connectivity index (χ0n) is 18.0. The summed E-state index contributed by atoms with van der Waals surface area (Å²) >= 11 is 0. The molecule has 0 atom stereocenters. The van der Waals surface area contributed by atoms with Gasteiger partial charge in [-0.25, -0.2) is 0 Å². The molecule has 4 heterocycles. The monoisotopic (exact) mass is 490 g/mol. The van der Waals surface area contributed by atoms with Gasteiger partial charge in [0.1, 0.15) is 0 Å². The molecule has 0 amide bonds. The summed E-state index contributed by atoms with van der Waals surface area (Å²) in [7, 11) is 0. The molecule has 0 aliphatic carbocycles. The molecule has 0 N–H and O–H groups in total. The van der Waals surface area contributed by atoms with Crippen LogP contribution in [0.2, 0.25) is 0 Å². The van der Waals surface area contributed by atoms with Gasteiger partial charge in [0.05, 0.1) is 11.6 Å². The normalized spacial score (nSPS) is 11.4. The van der Waals surface area contributed by atoms with E-state index < -0.39 is 5.41 Å². The number of hydrogen-bond donors (Lipinski definition) is 0. The maximum Gasteiger partial charge on any atom is 2.00 e. The van der Waals surface area contributed by atoms with Gasteiger partial charge in [-0.2, -0.15) is 0 Å². The Kier molecular flexibility index (Phi) is 6.07. The van der Waals surface area contributed by atoms with Crippen molar-refractivity contribution in [2.45, 2.75) is 47.0 Å². The van der Waals surface area contributed by atoms with E-state index >= 15 is 0 Å². The van der Waals surface area contributed by atoms with Gasteiger partial charge in [-0.1, -0.05) is 64.4 Å². The molecule has 0 fully saturated rings. The first-order valence-corrected chi connectivity index (χ1v) is 9.62. The van der Waals surface area contributed by atoms with Crippen molar-refractivity contribution in [2.75, 3.05) is 0 Å². The van der Waals surface area contributed by atoms with Crippen molar-refractivity contribution in [3.8, 4) is 11.6 Å². The third-order valence-electron chi connectivity index (χ3n) is 5.32. The predicted octanol–water partition coefficient (Wildman–Crippen LogP) is 4.01. The minimum absolute atomic E-state index is 0. The van der Waals surface area contributed by atoms with Crippen LogP contribution in [0, 0.1) is 40.1 Å². The summed E-state index contributed by atoms with van der Waals surface area (Å²) < 4.78 is 3.41. The molecule has 4 aromatic heterocycles. The molecule has 0 radical (unpaired) electrons. The average molecular weight is 491 g/mol. The maximum atomic E-state index is 4.87. The third-order valence-corrected chi connectivity index (χ3v) is 5.32. The zero-order chi connectivity index (χ0) is 20.8. The van der Waals surface area contributed by atoms with Gasteiger partial charge in [0, 0.05) is 16.8 Å². The quantitative estimate of drug-likeness (QED) is 0.320. The predicted molar refractivity (Wildman–Crippen MR) is 111 cm³/mol. The summed E-state index contributed by atoms with van der Waals surface area (Å²) in [6.07, 6.45) is 6.46. The molecular weight excluding hydrogens is 467 g/mol. The molecule has 4 rings (SSSR count). The van der Waals surface area contributed by atoms with Gasteiger partial charge < -0.3 is 9.36 Å². The van der Waals surface area contributed by atoms with Crippen molar-refractivity contribution < 1.29 is 20.4 Å². The van der Waals surface area contributed by atoms with Gasteiger partial charge in [0.25, 0.3) is 0 Å². The van der Waals surface area contributed by atoms with Gasteiger partial charge in [-0.15, -0.1) is 11.1 Å². The topological polar surface area (TPSA) is 61.4 Å². The van der Waals surface area contributed by atoms with Crippen molar-refractivity contribution >= 4 is 0 Å². The van der Waals surface area contributed by atoms with E-state index in [9.17, 15) is 0 Å². The molecule has 0 saturated heterocycles. The second kappa shape index (κ2) is 8.25. The van der Waals surface area contributed by atoms with Crippen LogP contribution in [0.4, 0.5) is 0 Å². The fourth-order valence-corrected chi connectivity index (χ4v) is 3.11. The van der Waals surface area contributed by atoms with Crippen LogP contribution in [0.3, 0.4) is 0 Å². The number of nitrogens with zero attached hydrogens (tertiary/aromatic N) is 6. The molecule has 30 heavy (non-hydrogen) atoms. The van der Waals surface area contributed by atoms with Crippen molar-refractivity contribution in [1.82, 2.24) is 29.5 Å². The van der Waals surface area contributed by atoms with Crippen LogP contribution in [0.1, 0.15) is 47.8 Å². The van der Waals surface area contributed by atoms with Crippen molar-refractivity contribution in [3.05, 3.63) is 82.7 Å². The number of rotatable bonds is 4. The van der Waals surface area contributed by atoms with E-state index in [1.54, 1.807) is 9.36 Å². The van der Waals surface area contributed by atoms with Crippen LogP contribution in [0.25, 0.3) is 11.6 Å². The first kappa shape index (κ1) is 22.1. The summed E-state index contributed by atoms with van der Waals surface area (Å²) in [6, 6.07) is 11.9. The Balaban J connectivity index is 0.00000256. The Morgan fingerprint density at radius 3 is 1.43 bits per heavy atom. The van der Waals surface area contributed by atoms with Gasteiger partial charge in [-0.3, -0.25) is 20.2 Å². The van der Waals surface area contributed by atoms with Gasteiger partial charge in [0.2, 0.25) is 0 Å². The van der Waals surface area contributed by atoms with Gasteiger partial charge in [-0.05, 0) is 37.4 Å². The summed E-state index contributed by atoms with van der Waals surface area (Å²) in [5.41, 5.74) is 5.37. The van der Waals surface area contributed by atoms with E-state index in [4.69, 9.17) is 9.97 Å². The molecule has 0 spiro atoms. The minimum Gasteiger partial charge on any atom is -0.343 e. The summed E-state index contributed by atoms with van der Waals surface area (Å²) in [6.45, 7) is 12.2. The number of pyridine rings is 2. The molecule has 0 saturated carbocycles. The number of hydrogen-bond acceptors (Lipinski definition) is 4. The maximum absolute atomic E-state index is 4.87. The van der Waals surface area contributed by atoms with Crippen molar-refractivity contribution in [3.63, 3.8) is 0 Å². The van der Waals surface area contributed by atoms with E-state index in [2.05, 4.69) is 36.4 Å². The molecule has 0 aliphatic rings. The van der Waals surface area contributed by atoms with Crippen molar-refractivity contribution in [1.29, 1.82) is 0 Å². The Bertz CT molecular complexity index is 1060. The zero-order valence-corrected chi connectivity index (χ0v) is 19.5. The van der Waals surface area contributed by atoms with Gasteiger partial charge >= 0.3 is 20.4 Å². The fraction of sp³-hybridized carbons (Fsp3) is 0.304. The van der Waals surface area contributed by atoms with Crippen LogP contribution in [-0.2, 0) is 25.8 Å². The van der Waals surface area contributed by atoms with E-state index in [0.29, 0.717) is 0 Å². The molecule has 6 nitrogen and oxygen atoms in total. The summed E-state index contributed by atoms with van der Waals surface area (Å²) in [5.74, 6) is 1.49.